The number of nitriles is 1. The summed E-state index contributed by atoms with van der Waals surface area (Å²) < 4.78 is 4.40. The summed E-state index contributed by atoms with van der Waals surface area (Å²) in [5.74, 6) is -2.33. The van der Waals surface area contributed by atoms with Gasteiger partial charge < -0.3 is 4.74 Å². The van der Waals surface area contributed by atoms with Gasteiger partial charge in [0.2, 0.25) is 0 Å². The zero-order chi connectivity index (χ0) is 13.9. The lowest BCUT2D eigenvalue weighted by Crippen LogP contribution is -2.14. The maximum atomic E-state index is 11.4. The molecule has 18 heavy (non-hydrogen) atoms. The van der Waals surface area contributed by atoms with E-state index in [1.54, 1.807) is 6.07 Å². The molecular formula is C10H6Cl2N2O4. The van der Waals surface area contributed by atoms with Crippen molar-refractivity contribution >= 4 is 34.9 Å². The molecule has 1 unspecified atom stereocenters. The van der Waals surface area contributed by atoms with Crippen LogP contribution >= 0.6 is 23.2 Å². The summed E-state index contributed by atoms with van der Waals surface area (Å²) in [6, 6.07) is 3.74. The van der Waals surface area contributed by atoms with E-state index < -0.39 is 22.5 Å². The largest absolute Gasteiger partial charge is 0.468 e. The second-order valence-corrected chi connectivity index (χ2v) is 3.98. The van der Waals surface area contributed by atoms with Crippen LogP contribution in [-0.2, 0) is 9.53 Å². The molecule has 1 rings (SSSR count). The van der Waals surface area contributed by atoms with Gasteiger partial charge in [-0.2, -0.15) is 5.26 Å². The van der Waals surface area contributed by atoms with E-state index in [1.807, 2.05) is 0 Å². The number of nitrogens with zero attached hydrogens (tertiary/aromatic N) is 2. The first-order chi connectivity index (χ1) is 8.42. The van der Waals surface area contributed by atoms with Gasteiger partial charge in [-0.3, -0.25) is 14.9 Å². The maximum Gasteiger partial charge on any atom is 0.327 e. The van der Waals surface area contributed by atoms with E-state index in [4.69, 9.17) is 28.5 Å². The Bertz CT molecular complexity index is 554. The number of hydrogen-bond acceptors (Lipinski definition) is 5. The van der Waals surface area contributed by atoms with Crippen molar-refractivity contribution in [3.8, 4) is 6.07 Å². The Kier molecular flexibility index (Phi) is 4.48. The zero-order valence-corrected chi connectivity index (χ0v) is 10.5. The van der Waals surface area contributed by atoms with Gasteiger partial charge in [0.05, 0.1) is 33.7 Å². The molecule has 6 nitrogen and oxygen atoms in total. The van der Waals surface area contributed by atoms with Crippen molar-refractivity contribution < 1.29 is 14.5 Å². The number of ether oxygens (including phenoxy) is 1. The quantitative estimate of drug-likeness (QED) is 0.484. The van der Waals surface area contributed by atoms with Crippen molar-refractivity contribution in [1.29, 1.82) is 5.26 Å². The number of hydrogen-bond donors (Lipinski definition) is 0. The SMILES string of the molecule is COC(=O)C(C#N)c1cc(Cl)c(Cl)cc1[N+](=O)[O-]. The van der Waals surface area contributed by atoms with Gasteiger partial charge in [0.25, 0.3) is 5.69 Å². The first-order valence-electron chi connectivity index (χ1n) is 4.53. The second-order valence-electron chi connectivity index (χ2n) is 3.17. The standard InChI is InChI=1S/C10H6Cl2N2O4/c1-18-10(15)6(4-13)5-2-7(11)8(12)3-9(5)14(16)17/h2-3,6H,1H3. The van der Waals surface area contributed by atoms with Crippen LogP contribution in [0.3, 0.4) is 0 Å². The molecule has 0 spiro atoms. The number of halogens is 2. The fourth-order valence-electron chi connectivity index (χ4n) is 1.31. The molecule has 0 fully saturated rings. The van der Waals surface area contributed by atoms with E-state index in [0.29, 0.717) is 0 Å². The van der Waals surface area contributed by atoms with Crippen molar-refractivity contribution in [2.24, 2.45) is 0 Å². The summed E-state index contributed by atoms with van der Waals surface area (Å²) in [5.41, 5.74) is -0.606. The lowest BCUT2D eigenvalue weighted by molar-refractivity contribution is -0.385. The molecule has 1 atom stereocenters. The van der Waals surface area contributed by atoms with Crippen LogP contribution in [0, 0.1) is 21.4 Å². The molecule has 1 aromatic carbocycles. The number of nitro groups is 1. The Morgan fingerprint density at radius 1 is 1.50 bits per heavy atom. The van der Waals surface area contributed by atoms with Gasteiger partial charge in [0, 0.05) is 6.07 Å². The number of esters is 1. The summed E-state index contributed by atoms with van der Waals surface area (Å²) in [7, 11) is 1.08. The predicted molar refractivity (Wildman–Crippen MR) is 63.5 cm³/mol. The van der Waals surface area contributed by atoms with Gasteiger partial charge in [-0.05, 0) is 6.07 Å². The average Bonchev–Trinajstić information content (AvgIpc) is 2.33. The van der Waals surface area contributed by atoms with Crippen molar-refractivity contribution in [2.45, 2.75) is 5.92 Å². The Hall–Kier alpha value is -1.84. The van der Waals surface area contributed by atoms with E-state index in [2.05, 4.69) is 4.74 Å². The molecule has 0 amide bonds. The summed E-state index contributed by atoms with van der Waals surface area (Å²) in [6.07, 6.45) is 0. The topological polar surface area (TPSA) is 93.2 Å². The van der Waals surface area contributed by atoms with Gasteiger partial charge in [0.15, 0.2) is 5.92 Å². The van der Waals surface area contributed by atoms with Gasteiger partial charge in [-0.15, -0.1) is 0 Å². The molecule has 0 heterocycles. The predicted octanol–water partition coefficient (Wildman–Crippen LogP) is 2.68. The monoisotopic (exact) mass is 288 g/mol. The Morgan fingerprint density at radius 2 is 2.06 bits per heavy atom. The average molecular weight is 289 g/mol. The first kappa shape index (κ1) is 14.2. The van der Waals surface area contributed by atoms with E-state index in [9.17, 15) is 14.9 Å². The van der Waals surface area contributed by atoms with Crippen LogP contribution in [0.1, 0.15) is 11.5 Å². The smallest absolute Gasteiger partial charge is 0.327 e. The van der Waals surface area contributed by atoms with Crippen molar-refractivity contribution in [2.75, 3.05) is 7.11 Å². The number of nitro benzene ring substituents is 1. The molecule has 0 N–H and O–H groups in total. The highest BCUT2D eigenvalue weighted by Crippen LogP contribution is 2.34. The molecule has 94 valence electrons. The number of benzene rings is 1. The van der Waals surface area contributed by atoms with Crippen LogP contribution < -0.4 is 0 Å². The molecule has 0 saturated heterocycles. The first-order valence-corrected chi connectivity index (χ1v) is 5.28. The van der Waals surface area contributed by atoms with Crippen LogP contribution in [0.5, 0.6) is 0 Å². The minimum atomic E-state index is -1.43. The number of rotatable bonds is 3. The Labute approximate surface area is 112 Å². The third-order valence-corrected chi connectivity index (χ3v) is 2.87. The van der Waals surface area contributed by atoms with Crippen LogP contribution in [0.15, 0.2) is 12.1 Å². The number of carbonyl (C=O) groups excluding carboxylic acids is 1. The molecule has 0 aliphatic carbocycles. The van der Waals surface area contributed by atoms with E-state index >= 15 is 0 Å². The lowest BCUT2D eigenvalue weighted by Gasteiger charge is -2.09. The zero-order valence-electron chi connectivity index (χ0n) is 9.02. The molecular weight excluding hydrogens is 283 g/mol. The summed E-state index contributed by atoms with van der Waals surface area (Å²) in [6.45, 7) is 0. The molecule has 0 aliphatic heterocycles. The lowest BCUT2D eigenvalue weighted by atomic mass is 9.99. The maximum absolute atomic E-state index is 11.4. The third kappa shape index (κ3) is 2.70. The Morgan fingerprint density at radius 3 is 2.50 bits per heavy atom. The Balaban J connectivity index is 3.47. The van der Waals surface area contributed by atoms with Crippen molar-refractivity contribution in [3.63, 3.8) is 0 Å². The van der Waals surface area contributed by atoms with E-state index in [-0.39, 0.29) is 15.6 Å². The third-order valence-electron chi connectivity index (χ3n) is 2.14. The highest BCUT2D eigenvalue weighted by Gasteiger charge is 2.30. The van der Waals surface area contributed by atoms with Crippen molar-refractivity contribution in [3.05, 3.63) is 37.9 Å². The molecule has 1 aromatic rings. The molecule has 8 heteroatoms. The summed E-state index contributed by atoms with van der Waals surface area (Å²) >= 11 is 11.4. The van der Waals surface area contributed by atoms with E-state index in [1.165, 1.54) is 0 Å². The minimum absolute atomic E-state index is 0.0152. The van der Waals surface area contributed by atoms with E-state index in [0.717, 1.165) is 19.2 Å². The highest BCUT2D eigenvalue weighted by atomic mass is 35.5. The van der Waals surface area contributed by atoms with Gasteiger partial charge in [-0.1, -0.05) is 23.2 Å². The van der Waals surface area contributed by atoms with Crippen LogP contribution in [0.2, 0.25) is 10.0 Å². The molecule has 0 aromatic heterocycles. The fourth-order valence-corrected chi connectivity index (χ4v) is 1.64. The normalized spacial score (nSPS) is 11.4. The minimum Gasteiger partial charge on any atom is -0.468 e. The van der Waals surface area contributed by atoms with Crippen LogP contribution in [-0.4, -0.2) is 18.0 Å². The fraction of sp³-hybridized carbons (Fsp3) is 0.200. The molecule has 0 aliphatic rings. The summed E-state index contributed by atoms with van der Waals surface area (Å²) in [4.78, 5) is 21.5. The molecule has 0 saturated carbocycles. The number of methoxy groups -OCH3 is 1. The van der Waals surface area contributed by atoms with Crippen LogP contribution in [0.4, 0.5) is 5.69 Å². The van der Waals surface area contributed by atoms with Gasteiger partial charge in [0.1, 0.15) is 0 Å². The summed E-state index contributed by atoms with van der Waals surface area (Å²) in [5, 5.41) is 19.7. The van der Waals surface area contributed by atoms with Gasteiger partial charge in [-0.25, -0.2) is 0 Å². The molecule has 0 bridgehead atoms. The van der Waals surface area contributed by atoms with Crippen molar-refractivity contribution in [1.82, 2.24) is 0 Å². The van der Waals surface area contributed by atoms with Crippen LogP contribution in [0.25, 0.3) is 0 Å². The van der Waals surface area contributed by atoms with Gasteiger partial charge >= 0.3 is 5.97 Å². The highest BCUT2D eigenvalue weighted by molar-refractivity contribution is 6.42. The second kappa shape index (κ2) is 5.67. The molecule has 0 radical (unpaired) electrons. The number of carbonyl (C=O) groups is 1.